The maximum absolute atomic E-state index is 14.5. The molecule has 1 aliphatic rings. The fourth-order valence-corrected chi connectivity index (χ4v) is 4.62. The average Bonchev–Trinajstić information content (AvgIpc) is 3.20. The minimum Gasteiger partial charge on any atom is -0.369 e. The second-order valence-corrected chi connectivity index (χ2v) is 8.65. The van der Waals surface area contributed by atoms with Gasteiger partial charge in [0.25, 0.3) is 0 Å². The van der Waals surface area contributed by atoms with E-state index in [0.29, 0.717) is 49.0 Å². The van der Waals surface area contributed by atoms with E-state index in [9.17, 15) is 14.0 Å². The second-order valence-electron chi connectivity index (χ2n) is 7.70. The molecule has 0 atom stereocenters. The first kappa shape index (κ1) is 22.0. The van der Waals surface area contributed by atoms with Crippen LogP contribution >= 0.6 is 11.8 Å². The van der Waals surface area contributed by atoms with Crippen LogP contribution in [-0.4, -0.2) is 50.3 Å². The number of halogens is 1. The second kappa shape index (κ2) is 9.95. The Morgan fingerprint density at radius 1 is 1.03 bits per heavy atom. The average molecular weight is 454 g/mol. The molecule has 0 bridgehead atoms. The minimum atomic E-state index is -0.376. The van der Waals surface area contributed by atoms with Crippen LogP contribution in [0.25, 0.3) is 11.4 Å². The number of primary amides is 1. The van der Waals surface area contributed by atoms with Crippen molar-refractivity contribution in [2.24, 2.45) is 11.7 Å². The zero-order valence-electron chi connectivity index (χ0n) is 17.5. The van der Waals surface area contributed by atoms with Crippen LogP contribution in [0.5, 0.6) is 0 Å². The summed E-state index contributed by atoms with van der Waals surface area (Å²) < 4.78 is 16.3. The van der Waals surface area contributed by atoms with Crippen LogP contribution in [0.2, 0.25) is 0 Å². The molecule has 166 valence electrons. The molecule has 0 aliphatic carbocycles. The smallest absolute Gasteiger partial charge is 0.233 e. The molecule has 0 unspecified atom stereocenters. The first-order chi connectivity index (χ1) is 15.5. The van der Waals surface area contributed by atoms with Gasteiger partial charge in [-0.2, -0.15) is 0 Å². The first-order valence-electron chi connectivity index (χ1n) is 10.4. The summed E-state index contributed by atoms with van der Waals surface area (Å²) in [5.41, 5.74) is 6.76. The Morgan fingerprint density at radius 3 is 2.41 bits per heavy atom. The number of piperidine rings is 1. The molecule has 32 heavy (non-hydrogen) atoms. The van der Waals surface area contributed by atoms with E-state index in [1.54, 1.807) is 23.1 Å². The molecule has 2 heterocycles. The molecule has 0 radical (unpaired) electrons. The van der Waals surface area contributed by atoms with Gasteiger partial charge in [-0.05, 0) is 30.5 Å². The molecule has 9 heteroatoms. The fourth-order valence-electron chi connectivity index (χ4n) is 3.78. The molecule has 0 saturated carbocycles. The summed E-state index contributed by atoms with van der Waals surface area (Å²) in [6, 6.07) is 16.2. The van der Waals surface area contributed by atoms with Gasteiger partial charge in [0.1, 0.15) is 5.82 Å². The van der Waals surface area contributed by atoms with Gasteiger partial charge in [-0.1, -0.05) is 54.2 Å². The summed E-state index contributed by atoms with van der Waals surface area (Å²) in [4.78, 5) is 25.8. The standard InChI is InChI=1S/C23H24FN5O2S/c24-19-9-5-4-8-18(19)22-26-27-23(29(22)14-16-6-2-1-3-7-16)32-15-20(30)28-12-10-17(11-13-28)21(25)31/h1-9,17H,10-15H2,(H2,25,31). The summed E-state index contributed by atoms with van der Waals surface area (Å²) in [6.45, 7) is 1.49. The van der Waals surface area contributed by atoms with Crippen LogP contribution < -0.4 is 5.73 Å². The first-order valence-corrected chi connectivity index (χ1v) is 11.4. The van der Waals surface area contributed by atoms with Crippen LogP contribution in [0.1, 0.15) is 18.4 Å². The third-order valence-electron chi connectivity index (χ3n) is 5.59. The van der Waals surface area contributed by atoms with E-state index >= 15 is 0 Å². The number of aromatic nitrogens is 3. The summed E-state index contributed by atoms with van der Waals surface area (Å²) in [5, 5.41) is 9.05. The number of rotatable bonds is 7. The highest BCUT2D eigenvalue weighted by atomic mass is 32.2. The van der Waals surface area contributed by atoms with Crippen molar-refractivity contribution in [3.63, 3.8) is 0 Å². The quantitative estimate of drug-likeness (QED) is 0.555. The van der Waals surface area contributed by atoms with Crippen LogP contribution in [-0.2, 0) is 16.1 Å². The summed E-state index contributed by atoms with van der Waals surface area (Å²) in [6.07, 6.45) is 1.18. The van der Waals surface area contributed by atoms with Crippen molar-refractivity contribution < 1.29 is 14.0 Å². The minimum absolute atomic E-state index is 0.0281. The van der Waals surface area contributed by atoms with Crippen molar-refractivity contribution >= 4 is 23.6 Å². The van der Waals surface area contributed by atoms with E-state index in [-0.39, 0.29) is 29.3 Å². The van der Waals surface area contributed by atoms with Crippen molar-refractivity contribution in [3.8, 4) is 11.4 Å². The van der Waals surface area contributed by atoms with Gasteiger partial charge in [0.2, 0.25) is 11.8 Å². The number of hydrogen-bond donors (Lipinski definition) is 1. The Bertz CT molecular complexity index is 1100. The zero-order valence-corrected chi connectivity index (χ0v) is 18.3. The van der Waals surface area contributed by atoms with E-state index in [0.717, 1.165) is 5.56 Å². The van der Waals surface area contributed by atoms with Crippen LogP contribution in [0.15, 0.2) is 59.8 Å². The van der Waals surface area contributed by atoms with Crippen LogP contribution in [0, 0.1) is 11.7 Å². The third kappa shape index (κ3) is 4.99. The van der Waals surface area contributed by atoms with Gasteiger partial charge in [0.05, 0.1) is 17.9 Å². The summed E-state index contributed by atoms with van der Waals surface area (Å²) >= 11 is 1.28. The van der Waals surface area contributed by atoms with E-state index in [2.05, 4.69) is 10.2 Å². The van der Waals surface area contributed by atoms with Crippen molar-refractivity contribution in [1.29, 1.82) is 0 Å². The van der Waals surface area contributed by atoms with E-state index in [4.69, 9.17) is 5.73 Å². The topological polar surface area (TPSA) is 94.1 Å². The number of hydrogen-bond acceptors (Lipinski definition) is 5. The lowest BCUT2D eigenvalue weighted by Gasteiger charge is -2.30. The van der Waals surface area contributed by atoms with Gasteiger partial charge in [0, 0.05) is 19.0 Å². The van der Waals surface area contributed by atoms with Crippen molar-refractivity contribution in [2.45, 2.75) is 24.5 Å². The highest BCUT2D eigenvalue weighted by Gasteiger charge is 2.26. The number of likely N-dealkylation sites (tertiary alicyclic amines) is 1. The molecule has 1 fully saturated rings. The highest BCUT2D eigenvalue weighted by Crippen LogP contribution is 2.27. The molecule has 1 saturated heterocycles. The van der Waals surface area contributed by atoms with Gasteiger partial charge in [-0.15, -0.1) is 10.2 Å². The van der Waals surface area contributed by atoms with Gasteiger partial charge < -0.3 is 10.6 Å². The number of amides is 2. The van der Waals surface area contributed by atoms with E-state index in [1.807, 2.05) is 34.9 Å². The normalized spacial score (nSPS) is 14.5. The highest BCUT2D eigenvalue weighted by molar-refractivity contribution is 7.99. The maximum atomic E-state index is 14.5. The Balaban J connectivity index is 1.51. The van der Waals surface area contributed by atoms with E-state index in [1.165, 1.54) is 17.8 Å². The Labute approximate surface area is 189 Å². The monoisotopic (exact) mass is 453 g/mol. The summed E-state index contributed by atoms with van der Waals surface area (Å²) in [7, 11) is 0. The Hall–Kier alpha value is -3.20. The van der Waals surface area contributed by atoms with E-state index < -0.39 is 0 Å². The van der Waals surface area contributed by atoms with Gasteiger partial charge in [-0.3, -0.25) is 14.2 Å². The molecule has 2 aromatic carbocycles. The Kier molecular flexibility index (Phi) is 6.84. The zero-order chi connectivity index (χ0) is 22.5. The predicted octanol–water partition coefficient (Wildman–Crippen LogP) is 2.95. The van der Waals surface area contributed by atoms with Gasteiger partial charge >= 0.3 is 0 Å². The molecule has 4 rings (SSSR count). The lowest BCUT2D eigenvalue weighted by molar-refractivity contribution is -0.132. The number of thioether (sulfide) groups is 1. The Morgan fingerprint density at radius 2 is 1.72 bits per heavy atom. The SMILES string of the molecule is NC(=O)C1CCN(C(=O)CSc2nnc(-c3ccccc3F)n2Cc2ccccc2)CC1. The third-order valence-corrected chi connectivity index (χ3v) is 6.54. The molecule has 3 aromatic rings. The van der Waals surface area contributed by atoms with Crippen molar-refractivity contribution in [3.05, 3.63) is 66.0 Å². The molecule has 2 amide bonds. The lowest BCUT2D eigenvalue weighted by Crippen LogP contribution is -2.42. The number of benzene rings is 2. The number of nitrogens with two attached hydrogens (primary N) is 1. The molecular weight excluding hydrogens is 429 g/mol. The predicted molar refractivity (Wildman–Crippen MR) is 120 cm³/mol. The van der Waals surface area contributed by atoms with Crippen molar-refractivity contribution in [2.75, 3.05) is 18.8 Å². The summed E-state index contributed by atoms with van der Waals surface area (Å²) in [5.74, 6) is -0.265. The largest absolute Gasteiger partial charge is 0.369 e. The van der Waals surface area contributed by atoms with Crippen LogP contribution in [0.4, 0.5) is 4.39 Å². The molecular formula is C23H24FN5O2S. The number of nitrogens with zero attached hydrogens (tertiary/aromatic N) is 4. The molecule has 1 aromatic heterocycles. The molecule has 1 aliphatic heterocycles. The number of carbonyl (C=O) groups excluding carboxylic acids is 2. The van der Waals surface area contributed by atoms with Crippen LogP contribution in [0.3, 0.4) is 0 Å². The van der Waals surface area contributed by atoms with Gasteiger partial charge in [0.15, 0.2) is 11.0 Å². The number of carbonyl (C=O) groups is 2. The maximum Gasteiger partial charge on any atom is 0.233 e. The molecule has 0 spiro atoms. The molecule has 7 nitrogen and oxygen atoms in total. The fraction of sp³-hybridized carbons (Fsp3) is 0.304. The molecule has 2 N–H and O–H groups in total. The lowest BCUT2D eigenvalue weighted by atomic mass is 9.96. The van der Waals surface area contributed by atoms with Gasteiger partial charge in [-0.25, -0.2) is 4.39 Å². The van der Waals surface area contributed by atoms with Crippen molar-refractivity contribution in [1.82, 2.24) is 19.7 Å².